The van der Waals surface area contributed by atoms with Crippen LogP contribution in [0.4, 0.5) is 0 Å². The van der Waals surface area contributed by atoms with Crippen molar-refractivity contribution in [3.8, 4) is 11.5 Å². The van der Waals surface area contributed by atoms with E-state index in [2.05, 4.69) is 0 Å². The van der Waals surface area contributed by atoms with Crippen molar-refractivity contribution in [3.63, 3.8) is 0 Å². The third-order valence-corrected chi connectivity index (χ3v) is 4.26. The molecule has 25 heavy (non-hydrogen) atoms. The number of ether oxygens (including phenoxy) is 2. The van der Waals surface area contributed by atoms with E-state index >= 15 is 0 Å². The second kappa shape index (κ2) is 8.03. The number of aliphatic hydroxyl groups excluding tert-OH is 1. The van der Waals surface area contributed by atoms with Gasteiger partial charge in [0.25, 0.3) is 5.91 Å². The molecule has 2 aromatic rings. The average molecular weight is 341 g/mol. The Morgan fingerprint density at radius 3 is 2.72 bits per heavy atom. The van der Waals surface area contributed by atoms with E-state index in [9.17, 15) is 4.79 Å². The number of amides is 1. The zero-order valence-electron chi connectivity index (χ0n) is 14.4. The lowest BCUT2D eigenvalue weighted by atomic mass is 10.2. The molecule has 1 aliphatic rings. The number of hydrogen-bond donors (Lipinski definition) is 1. The Labute approximate surface area is 147 Å². The molecule has 1 unspecified atom stereocenters. The standard InChI is InChI=1S/C20H23NO4/c1-15-3-2-4-18(11-15)25-19-9-10-21(12-19)20(23)14-24-17-7-5-16(13-22)6-8-17/h2-8,11,19,22H,9-10,12-14H2,1H3. The van der Waals surface area contributed by atoms with Crippen LogP contribution in [-0.2, 0) is 11.4 Å². The van der Waals surface area contributed by atoms with E-state index in [1.54, 1.807) is 29.2 Å². The van der Waals surface area contributed by atoms with Gasteiger partial charge in [-0.05, 0) is 42.3 Å². The van der Waals surface area contributed by atoms with E-state index in [1.165, 1.54) is 0 Å². The molecule has 0 bridgehead atoms. The quantitative estimate of drug-likeness (QED) is 0.877. The highest BCUT2D eigenvalue weighted by Gasteiger charge is 2.27. The Kier molecular flexibility index (Phi) is 5.56. The molecule has 1 atom stereocenters. The first kappa shape index (κ1) is 17.3. The molecule has 1 heterocycles. The first-order valence-corrected chi connectivity index (χ1v) is 8.48. The average Bonchev–Trinajstić information content (AvgIpc) is 3.08. The fourth-order valence-electron chi connectivity index (χ4n) is 2.86. The molecule has 3 rings (SSSR count). The van der Waals surface area contributed by atoms with Gasteiger partial charge in [0.05, 0.1) is 13.2 Å². The molecular weight excluding hydrogens is 318 g/mol. The smallest absolute Gasteiger partial charge is 0.260 e. The normalized spacial score (nSPS) is 16.7. The summed E-state index contributed by atoms with van der Waals surface area (Å²) in [6.07, 6.45) is 0.847. The minimum absolute atomic E-state index is 0.00465. The Morgan fingerprint density at radius 2 is 2.00 bits per heavy atom. The number of carbonyl (C=O) groups excluding carboxylic acids is 1. The number of likely N-dealkylation sites (tertiary alicyclic amines) is 1. The van der Waals surface area contributed by atoms with E-state index in [4.69, 9.17) is 14.6 Å². The molecule has 2 aromatic carbocycles. The maximum atomic E-state index is 12.3. The van der Waals surface area contributed by atoms with Crippen LogP contribution in [0, 0.1) is 6.92 Å². The van der Waals surface area contributed by atoms with Crippen LogP contribution in [0.25, 0.3) is 0 Å². The van der Waals surface area contributed by atoms with Crippen molar-refractivity contribution in [3.05, 3.63) is 59.7 Å². The van der Waals surface area contributed by atoms with Gasteiger partial charge in [-0.2, -0.15) is 0 Å². The fraction of sp³-hybridized carbons (Fsp3) is 0.350. The summed E-state index contributed by atoms with van der Waals surface area (Å²) >= 11 is 0. The van der Waals surface area contributed by atoms with Gasteiger partial charge < -0.3 is 19.5 Å². The van der Waals surface area contributed by atoms with Crippen molar-refractivity contribution in [1.82, 2.24) is 4.90 Å². The lowest BCUT2D eigenvalue weighted by Gasteiger charge is -2.18. The second-order valence-corrected chi connectivity index (χ2v) is 6.28. The van der Waals surface area contributed by atoms with Gasteiger partial charge in [-0.3, -0.25) is 4.79 Å². The van der Waals surface area contributed by atoms with Crippen LogP contribution in [0.3, 0.4) is 0 Å². The van der Waals surface area contributed by atoms with Crippen LogP contribution in [-0.4, -0.2) is 41.7 Å². The number of aliphatic hydroxyl groups is 1. The molecule has 1 aliphatic heterocycles. The van der Waals surface area contributed by atoms with Crippen LogP contribution in [0.15, 0.2) is 48.5 Å². The second-order valence-electron chi connectivity index (χ2n) is 6.28. The molecule has 0 saturated carbocycles. The molecule has 5 heteroatoms. The summed E-state index contributed by atoms with van der Waals surface area (Å²) in [5.41, 5.74) is 1.97. The summed E-state index contributed by atoms with van der Waals surface area (Å²) in [6, 6.07) is 15.0. The van der Waals surface area contributed by atoms with Crippen molar-refractivity contribution >= 4 is 5.91 Å². The van der Waals surface area contributed by atoms with Gasteiger partial charge in [0.1, 0.15) is 17.6 Å². The number of carbonyl (C=O) groups is 1. The molecule has 5 nitrogen and oxygen atoms in total. The zero-order chi connectivity index (χ0) is 17.6. The summed E-state index contributed by atoms with van der Waals surface area (Å²) in [4.78, 5) is 14.1. The molecule has 0 spiro atoms. The van der Waals surface area contributed by atoms with E-state index in [0.29, 0.717) is 18.8 Å². The molecule has 132 valence electrons. The van der Waals surface area contributed by atoms with Crippen LogP contribution in [0.5, 0.6) is 11.5 Å². The molecule has 0 aliphatic carbocycles. The minimum atomic E-state index is -0.0402. The zero-order valence-corrected chi connectivity index (χ0v) is 14.4. The van der Waals surface area contributed by atoms with Gasteiger partial charge in [-0.1, -0.05) is 24.3 Å². The summed E-state index contributed by atoms with van der Waals surface area (Å²) in [6.45, 7) is 3.30. The summed E-state index contributed by atoms with van der Waals surface area (Å²) in [5.74, 6) is 1.43. The predicted octanol–water partition coefficient (Wildman–Crippen LogP) is 2.55. The molecule has 0 radical (unpaired) electrons. The maximum absolute atomic E-state index is 12.3. The van der Waals surface area contributed by atoms with Crippen molar-refractivity contribution in [2.45, 2.75) is 26.1 Å². The van der Waals surface area contributed by atoms with Crippen molar-refractivity contribution in [2.75, 3.05) is 19.7 Å². The first-order chi connectivity index (χ1) is 12.1. The van der Waals surface area contributed by atoms with E-state index in [-0.39, 0.29) is 25.2 Å². The Morgan fingerprint density at radius 1 is 1.20 bits per heavy atom. The molecule has 1 fully saturated rings. The van der Waals surface area contributed by atoms with E-state index in [1.807, 2.05) is 31.2 Å². The molecular formula is C20H23NO4. The first-order valence-electron chi connectivity index (χ1n) is 8.48. The van der Waals surface area contributed by atoms with E-state index in [0.717, 1.165) is 23.3 Å². The SMILES string of the molecule is Cc1cccc(OC2CCN(C(=O)COc3ccc(CO)cc3)C2)c1. The fourth-order valence-corrected chi connectivity index (χ4v) is 2.86. The highest BCUT2D eigenvalue weighted by Crippen LogP contribution is 2.20. The lowest BCUT2D eigenvalue weighted by molar-refractivity contribution is -0.132. The number of benzene rings is 2. The van der Waals surface area contributed by atoms with Gasteiger partial charge in [0, 0.05) is 13.0 Å². The van der Waals surface area contributed by atoms with Crippen molar-refractivity contribution < 1.29 is 19.4 Å². The van der Waals surface area contributed by atoms with Gasteiger partial charge in [0.15, 0.2) is 6.61 Å². The number of aryl methyl sites for hydroxylation is 1. The van der Waals surface area contributed by atoms with Gasteiger partial charge in [0.2, 0.25) is 0 Å². The Hall–Kier alpha value is -2.53. The summed E-state index contributed by atoms with van der Waals surface area (Å²) < 4.78 is 11.5. The lowest BCUT2D eigenvalue weighted by Crippen LogP contribution is -2.34. The summed E-state index contributed by atoms with van der Waals surface area (Å²) in [5, 5.41) is 9.02. The topological polar surface area (TPSA) is 59.0 Å². The Balaban J connectivity index is 1.47. The highest BCUT2D eigenvalue weighted by molar-refractivity contribution is 5.78. The Bertz CT molecular complexity index is 714. The van der Waals surface area contributed by atoms with Gasteiger partial charge in [-0.15, -0.1) is 0 Å². The van der Waals surface area contributed by atoms with E-state index < -0.39 is 0 Å². The van der Waals surface area contributed by atoms with Crippen molar-refractivity contribution in [2.24, 2.45) is 0 Å². The number of hydrogen-bond acceptors (Lipinski definition) is 4. The van der Waals surface area contributed by atoms with Crippen LogP contribution in [0.2, 0.25) is 0 Å². The molecule has 1 amide bonds. The van der Waals surface area contributed by atoms with Gasteiger partial charge in [-0.25, -0.2) is 0 Å². The number of rotatable bonds is 6. The molecule has 0 aromatic heterocycles. The predicted molar refractivity (Wildman–Crippen MR) is 94.7 cm³/mol. The molecule has 1 saturated heterocycles. The minimum Gasteiger partial charge on any atom is -0.489 e. The highest BCUT2D eigenvalue weighted by atomic mass is 16.5. The molecule has 1 N–H and O–H groups in total. The maximum Gasteiger partial charge on any atom is 0.260 e. The monoisotopic (exact) mass is 341 g/mol. The van der Waals surface area contributed by atoms with Crippen LogP contribution < -0.4 is 9.47 Å². The third kappa shape index (κ3) is 4.73. The number of nitrogens with zero attached hydrogens (tertiary/aromatic N) is 1. The van der Waals surface area contributed by atoms with Gasteiger partial charge >= 0.3 is 0 Å². The third-order valence-electron chi connectivity index (χ3n) is 4.26. The van der Waals surface area contributed by atoms with Crippen LogP contribution in [0.1, 0.15) is 17.5 Å². The summed E-state index contributed by atoms with van der Waals surface area (Å²) in [7, 11) is 0. The van der Waals surface area contributed by atoms with Crippen LogP contribution >= 0.6 is 0 Å². The van der Waals surface area contributed by atoms with Crippen molar-refractivity contribution in [1.29, 1.82) is 0 Å². The largest absolute Gasteiger partial charge is 0.489 e.